The van der Waals surface area contributed by atoms with E-state index in [2.05, 4.69) is 10.6 Å². The second-order valence-corrected chi connectivity index (χ2v) is 13.3. The summed E-state index contributed by atoms with van der Waals surface area (Å²) in [5.41, 5.74) is 1.60. The van der Waals surface area contributed by atoms with Gasteiger partial charge in [-0.1, -0.05) is 87.3 Å². The van der Waals surface area contributed by atoms with Crippen molar-refractivity contribution in [2.45, 2.75) is 77.4 Å². The maximum Gasteiger partial charge on any atom is 0.347 e. The Labute approximate surface area is 285 Å². The molecule has 2 heterocycles. The highest BCUT2D eigenvalue weighted by Crippen LogP contribution is 2.45. The van der Waals surface area contributed by atoms with E-state index in [1.165, 1.54) is 13.2 Å². The molecule has 0 aliphatic carbocycles. The van der Waals surface area contributed by atoms with E-state index in [1.807, 2.05) is 51.1 Å². The number of amides is 2. The quantitative estimate of drug-likeness (QED) is 0.279. The number of nitrogens with one attached hydrogen (secondary N) is 2. The zero-order valence-corrected chi connectivity index (χ0v) is 28.7. The van der Waals surface area contributed by atoms with Crippen LogP contribution >= 0.6 is 23.2 Å². The maximum atomic E-state index is 13.5. The van der Waals surface area contributed by atoms with Crippen LogP contribution in [-0.4, -0.2) is 61.8 Å². The summed E-state index contributed by atoms with van der Waals surface area (Å²) in [6, 6.07) is 11.9. The molecule has 0 spiro atoms. The monoisotopic (exact) mass is 688 g/mol. The first-order chi connectivity index (χ1) is 22.4. The number of carbonyl (C=O) groups is 4. The molecule has 2 aromatic carbocycles. The van der Waals surface area contributed by atoms with Gasteiger partial charge in [0.1, 0.15) is 18.2 Å². The minimum Gasteiger partial charge on any atom is -0.494 e. The Bertz CT molecular complexity index is 1440. The maximum absolute atomic E-state index is 13.5. The molecule has 7 unspecified atom stereocenters. The summed E-state index contributed by atoms with van der Waals surface area (Å²) >= 11 is 12.6. The third kappa shape index (κ3) is 9.95. The molecule has 0 saturated carbocycles. The van der Waals surface area contributed by atoms with E-state index in [0.717, 1.165) is 5.56 Å². The summed E-state index contributed by atoms with van der Waals surface area (Å²) in [6.07, 6.45) is 1.20. The third-order valence-electron chi connectivity index (χ3n) is 8.19. The first-order valence-electron chi connectivity index (χ1n) is 15.8. The molecule has 12 heteroatoms. The molecule has 10 nitrogen and oxygen atoms in total. The minimum atomic E-state index is -1.14. The zero-order valence-electron chi connectivity index (χ0n) is 27.2. The van der Waals surface area contributed by atoms with Crippen LogP contribution in [0.1, 0.15) is 57.8 Å². The van der Waals surface area contributed by atoms with Gasteiger partial charge in [-0.2, -0.15) is 0 Å². The number of benzene rings is 2. The van der Waals surface area contributed by atoms with Gasteiger partial charge in [0.15, 0.2) is 11.9 Å². The van der Waals surface area contributed by atoms with Crippen molar-refractivity contribution < 1.29 is 38.1 Å². The summed E-state index contributed by atoms with van der Waals surface area (Å²) in [6.45, 7) is 7.25. The van der Waals surface area contributed by atoms with Crippen molar-refractivity contribution in [3.8, 4) is 5.75 Å². The Hall–Kier alpha value is -3.60. The lowest BCUT2D eigenvalue weighted by Crippen LogP contribution is -2.49. The van der Waals surface area contributed by atoms with E-state index >= 15 is 0 Å². The number of halogens is 2. The highest BCUT2D eigenvalue weighted by Gasteiger charge is 2.47. The average Bonchev–Trinajstić information content (AvgIpc) is 3.83. The smallest absolute Gasteiger partial charge is 0.347 e. The number of cyclic esters (lactones) is 2. The van der Waals surface area contributed by atoms with Crippen LogP contribution in [-0.2, 0) is 39.8 Å². The Morgan fingerprint density at radius 2 is 1.66 bits per heavy atom. The number of methoxy groups -OCH3 is 1. The van der Waals surface area contributed by atoms with Gasteiger partial charge in [-0.15, -0.1) is 0 Å². The van der Waals surface area contributed by atoms with E-state index in [-0.39, 0.29) is 59.9 Å². The molecular formula is C35H42Cl2N2O8. The SMILES string of the molecule is COc1c(Cl)cc(CC2NC(=O)C=CCC(C(C)C3OC3c3ccccc3)OC(=O)C(CC(C)C)OC(=O)C(C)CNC2=O)cc1Cl. The number of esters is 2. The minimum absolute atomic E-state index is 0.0235. The molecule has 2 amide bonds. The molecule has 0 radical (unpaired) electrons. The largest absolute Gasteiger partial charge is 0.494 e. The van der Waals surface area contributed by atoms with E-state index in [0.29, 0.717) is 11.3 Å². The number of hydrogen-bond donors (Lipinski definition) is 2. The molecule has 0 bridgehead atoms. The number of carbonyl (C=O) groups excluding carboxylic acids is 4. The van der Waals surface area contributed by atoms with Gasteiger partial charge in [0.25, 0.3) is 0 Å². The Morgan fingerprint density at radius 3 is 2.30 bits per heavy atom. The lowest BCUT2D eigenvalue weighted by molar-refractivity contribution is -0.176. The van der Waals surface area contributed by atoms with Crippen LogP contribution in [0.5, 0.6) is 5.75 Å². The number of epoxide rings is 1. The predicted molar refractivity (Wildman–Crippen MR) is 177 cm³/mol. The molecule has 2 aliphatic heterocycles. The van der Waals surface area contributed by atoms with Crippen molar-refractivity contribution in [2.24, 2.45) is 17.8 Å². The van der Waals surface area contributed by atoms with Gasteiger partial charge in [-0.3, -0.25) is 14.4 Å². The molecule has 1 saturated heterocycles. The predicted octanol–water partition coefficient (Wildman–Crippen LogP) is 5.39. The summed E-state index contributed by atoms with van der Waals surface area (Å²) in [7, 11) is 1.44. The Morgan fingerprint density at radius 1 is 0.979 bits per heavy atom. The van der Waals surface area contributed by atoms with Crippen LogP contribution in [0.25, 0.3) is 0 Å². The molecule has 0 aromatic heterocycles. The van der Waals surface area contributed by atoms with Gasteiger partial charge in [0.05, 0.1) is 29.2 Å². The lowest BCUT2D eigenvalue weighted by atomic mass is 9.93. The lowest BCUT2D eigenvalue weighted by Gasteiger charge is -2.27. The van der Waals surface area contributed by atoms with Crippen molar-refractivity contribution in [1.29, 1.82) is 0 Å². The first kappa shape index (κ1) is 36.2. The van der Waals surface area contributed by atoms with Gasteiger partial charge in [-0.25, -0.2) is 4.79 Å². The van der Waals surface area contributed by atoms with Gasteiger partial charge >= 0.3 is 11.9 Å². The second kappa shape index (κ2) is 16.5. The van der Waals surface area contributed by atoms with E-state index in [4.69, 9.17) is 42.1 Å². The molecule has 47 heavy (non-hydrogen) atoms. The van der Waals surface area contributed by atoms with Crippen LogP contribution in [0.2, 0.25) is 10.0 Å². The van der Waals surface area contributed by atoms with Crippen LogP contribution < -0.4 is 15.4 Å². The Kier molecular flexibility index (Phi) is 12.7. The molecule has 2 N–H and O–H groups in total. The van der Waals surface area contributed by atoms with E-state index in [9.17, 15) is 19.2 Å². The van der Waals surface area contributed by atoms with Crippen LogP contribution in [0.4, 0.5) is 0 Å². The van der Waals surface area contributed by atoms with E-state index in [1.54, 1.807) is 25.1 Å². The van der Waals surface area contributed by atoms with Crippen molar-refractivity contribution in [3.05, 3.63) is 75.8 Å². The number of rotatable bonds is 8. The molecule has 7 atom stereocenters. The standard InChI is InChI=1S/C35H42Cl2N2O8/c1-19(2)14-28-35(43)45-27(21(4)30-31(47-30)23-10-7-6-8-11-23)12-9-13-29(40)39-26(33(41)38-18-20(3)34(42)46-28)17-22-15-24(36)32(44-5)25(37)16-22/h6-11,13,15-16,19-21,26-28,30-31H,12,14,17-18H2,1-5H3,(H,38,41)(H,39,40). The highest BCUT2D eigenvalue weighted by molar-refractivity contribution is 6.37. The number of hydrogen-bond acceptors (Lipinski definition) is 8. The molecule has 2 aromatic rings. The summed E-state index contributed by atoms with van der Waals surface area (Å²) in [5, 5.41) is 5.96. The van der Waals surface area contributed by atoms with Gasteiger partial charge in [0.2, 0.25) is 11.8 Å². The average molecular weight is 690 g/mol. The first-order valence-corrected chi connectivity index (χ1v) is 16.5. The number of ether oxygens (including phenoxy) is 4. The molecule has 2 aliphatic rings. The highest BCUT2D eigenvalue weighted by atomic mass is 35.5. The fourth-order valence-corrected chi connectivity index (χ4v) is 6.16. The van der Waals surface area contributed by atoms with Crippen molar-refractivity contribution in [1.82, 2.24) is 10.6 Å². The topological polar surface area (TPSA) is 133 Å². The molecule has 1 fully saturated rings. The van der Waals surface area contributed by atoms with Gasteiger partial charge in [-0.05, 0) is 41.7 Å². The van der Waals surface area contributed by atoms with E-state index < -0.39 is 47.9 Å². The summed E-state index contributed by atoms with van der Waals surface area (Å²) in [4.78, 5) is 53.1. The van der Waals surface area contributed by atoms with Gasteiger partial charge in [0, 0.05) is 25.3 Å². The fraction of sp³-hybridized carbons (Fsp3) is 0.486. The second-order valence-electron chi connectivity index (χ2n) is 12.5. The Balaban J connectivity index is 1.59. The third-order valence-corrected chi connectivity index (χ3v) is 8.75. The fourth-order valence-electron chi connectivity index (χ4n) is 5.48. The van der Waals surface area contributed by atoms with Gasteiger partial charge < -0.3 is 29.6 Å². The molecular weight excluding hydrogens is 647 g/mol. The van der Waals surface area contributed by atoms with Crippen LogP contribution in [0, 0.1) is 17.8 Å². The normalized spacial score (nSPS) is 26.6. The molecule has 4 rings (SSSR count). The van der Waals surface area contributed by atoms with Crippen LogP contribution in [0.15, 0.2) is 54.6 Å². The van der Waals surface area contributed by atoms with Crippen molar-refractivity contribution in [2.75, 3.05) is 13.7 Å². The van der Waals surface area contributed by atoms with Crippen molar-refractivity contribution in [3.63, 3.8) is 0 Å². The van der Waals surface area contributed by atoms with Crippen molar-refractivity contribution >= 4 is 47.0 Å². The molecule has 254 valence electrons. The van der Waals surface area contributed by atoms with Crippen LogP contribution in [0.3, 0.4) is 0 Å². The summed E-state index contributed by atoms with van der Waals surface area (Å²) < 4.78 is 22.9. The summed E-state index contributed by atoms with van der Waals surface area (Å²) in [5.74, 6) is -3.11. The zero-order chi connectivity index (χ0) is 34.2.